The minimum absolute atomic E-state index is 0.0881. The van der Waals surface area contributed by atoms with Gasteiger partial charge in [0.15, 0.2) is 0 Å². The van der Waals surface area contributed by atoms with Crippen molar-refractivity contribution in [3.8, 4) is 0 Å². The van der Waals surface area contributed by atoms with Crippen molar-refractivity contribution in [3.05, 3.63) is 58.1 Å². The second kappa shape index (κ2) is 6.03. The van der Waals surface area contributed by atoms with Crippen LogP contribution in [0.15, 0.2) is 30.3 Å². The molecule has 4 heteroatoms. The minimum atomic E-state index is -0.0881. The number of aryl methyl sites for hydroxylation is 4. The number of anilines is 2. The van der Waals surface area contributed by atoms with E-state index in [9.17, 15) is 9.59 Å². The first-order valence-electron chi connectivity index (χ1n) is 8.88. The number of nitrogens with one attached hydrogen (secondary N) is 1. The first-order chi connectivity index (χ1) is 12.0. The summed E-state index contributed by atoms with van der Waals surface area (Å²) in [6, 6.07) is 9.82. The van der Waals surface area contributed by atoms with Crippen LogP contribution in [0.4, 0.5) is 11.4 Å². The molecule has 0 atom stereocenters. The molecule has 0 bridgehead atoms. The molecule has 0 unspecified atom stereocenters. The normalized spacial score (nSPS) is 15.8. The van der Waals surface area contributed by atoms with E-state index >= 15 is 0 Å². The smallest absolute Gasteiger partial charge is 0.255 e. The lowest BCUT2D eigenvalue weighted by Crippen LogP contribution is -2.39. The van der Waals surface area contributed by atoms with E-state index in [0.717, 1.165) is 42.7 Å². The highest BCUT2D eigenvalue weighted by Crippen LogP contribution is 2.37. The molecule has 2 aliphatic rings. The zero-order valence-corrected chi connectivity index (χ0v) is 14.7. The second-order valence-electron chi connectivity index (χ2n) is 7.05. The van der Waals surface area contributed by atoms with Gasteiger partial charge in [0.2, 0.25) is 5.91 Å². The van der Waals surface area contributed by atoms with Crippen molar-refractivity contribution in [1.29, 1.82) is 0 Å². The minimum Gasteiger partial charge on any atom is -0.322 e. The maximum atomic E-state index is 12.6. The van der Waals surface area contributed by atoms with Crippen molar-refractivity contribution < 1.29 is 9.59 Å². The Morgan fingerprint density at radius 1 is 1.00 bits per heavy atom. The van der Waals surface area contributed by atoms with Gasteiger partial charge in [0.25, 0.3) is 5.91 Å². The summed E-state index contributed by atoms with van der Waals surface area (Å²) in [4.78, 5) is 26.7. The van der Waals surface area contributed by atoms with E-state index < -0.39 is 0 Å². The average Bonchev–Trinajstić information content (AvgIpc) is 2.60. The van der Waals surface area contributed by atoms with Gasteiger partial charge >= 0.3 is 0 Å². The zero-order chi connectivity index (χ0) is 17.6. The molecule has 4 rings (SSSR count). The van der Waals surface area contributed by atoms with Gasteiger partial charge in [-0.2, -0.15) is 0 Å². The summed E-state index contributed by atoms with van der Waals surface area (Å²) >= 11 is 0. The standard InChI is InChI=1S/C21H22N2O2/c1-13-5-6-17(10-14(13)2)21(25)22-18-11-15-4-3-9-23-19(24)8-7-16(12-18)20(15)23/h5-6,10-12H,3-4,7-9H2,1-2H3,(H,22,25). The van der Waals surface area contributed by atoms with E-state index in [-0.39, 0.29) is 11.8 Å². The molecule has 2 aromatic rings. The molecule has 2 amide bonds. The lowest BCUT2D eigenvalue weighted by molar-refractivity contribution is -0.119. The number of nitrogens with zero attached hydrogens (tertiary/aromatic N) is 1. The van der Waals surface area contributed by atoms with E-state index in [1.807, 2.05) is 49.1 Å². The van der Waals surface area contributed by atoms with Crippen LogP contribution in [0.25, 0.3) is 0 Å². The van der Waals surface area contributed by atoms with Crippen molar-refractivity contribution in [2.75, 3.05) is 16.8 Å². The van der Waals surface area contributed by atoms with Gasteiger partial charge in [-0.1, -0.05) is 6.07 Å². The van der Waals surface area contributed by atoms with E-state index in [2.05, 4.69) is 5.32 Å². The largest absolute Gasteiger partial charge is 0.322 e. The maximum absolute atomic E-state index is 12.6. The van der Waals surface area contributed by atoms with Crippen LogP contribution >= 0.6 is 0 Å². The number of rotatable bonds is 2. The van der Waals surface area contributed by atoms with Crippen LogP contribution in [0.3, 0.4) is 0 Å². The Balaban J connectivity index is 1.65. The summed E-state index contributed by atoms with van der Waals surface area (Å²) < 4.78 is 0. The Kier molecular flexibility index (Phi) is 3.83. The highest BCUT2D eigenvalue weighted by atomic mass is 16.2. The second-order valence-corrected chi connectivity index (χ2v) is 7.05. The Morgan fingerprint density at radius 3 is 2.52 bits per heavy atom. The number of hydrogen-bond donors (Lipinski definition) is 1. The zero-order valence-electron chi connectivity index (χ0n) is 14.7. The van der Waals surface area contributed by atoms with E-state index in [1.165, 1.54) is 16.7 Å². The summed E-state index contributed by atoms with van der Waals surface area (Å²) in [5.74, 6) is 0.134. The molecule has 0 fully saturated rings. The molecule has 25 heavy (non-hydrogen) atoms. The van der Waals surface area contributed by atoms with E-state index in [1.54, 1.807) is 0 Å². The number of benzene rings is 2. The third-order valence-electron chi connectivity index (χ3n) is 5.30. The number of amides is 2. The van der Waals surface area contributed by atoms with E-state index in [4.69, 9.17) is 0 Å². The topological polar surface area (TPSA) is 49.4 Å². The number of hydrogen-bond acceptors (Lipinski definition) is 2. The lowest BCUT2D eigenvalue weighted by atomic mass is 9.91. The Morgan fingerprint density at radius 2 is 1.76 bits per heavy atom. The first-order valence-corrected chi connectivity index (χ1v) is 8.88. The van der Waals surface area contributed by atoms with Gasteiger partial charge in [-0.3, -0.25) is 9.59 Å². The van der Waals surface area contributed by atoms with Crippen LogP contribution in [-0.2, 0) is 17.6 Å². The molecular formula is C21H22N2O2. The summed E-state index contributed by atoms with van der Waals surface area (Å²) in [6.07, 6.45) is 3.25. The molecule has 1 N–H and O–H groups in total. The predicted molar refractivity (Wildman–Crippen MR) is 99.3 cm³/mol. The van der Waals surface area contributed by atoms with Crippen LogP contribution in [0.5, 0.6) is 0 Å². The highest BCUT2D eigenvalue weighted by molar-refractivity contribution is 6.05. The molecule has 0 radical (unpaired) electrons. The Labute approximate surface area is 147 Å². The Bertz CT molecular complexity index is 868. The fourth-order valence-corrected chi connectivity index (χ4v) is 3.81. The molecule has 2 aliphatic heterocycles. The SMILES string of the molecule is Cc1ccc(C(=O)Nc2cc3c4c(c2)CCC(=O)N4CCC3)cc1C. The van der Waals surface area contributed by atoms with E-state index in [0.29, 0.717) is 12.0 Å². The van der Waals surface area contributed by atoms with Crippen LogP contribution in [0.2, 0.25) is 0 Å². The lowest BCUT2D eigenvalue weighted by Gasteiger charge is -2.35. The number of carbonyl (C=O) groups excluding carboxylic acids is 2. The molecule has 128 valence electrons. The summed E-state index contributed by atoms with van der Waals surface area (Å²) in [7, 11) is 0. The van der Waals surface area contributed by atoms with Gasteiger partial charge < -0.3 is 10.2 Å². The average molecular weight is 334 g/mol. The predicted octanol–water partition coefficient (Wildman–Crippen LogP) is 3.78. The fourth-order valence-electron chi connectivity index (χ4n) is 3.81. The first kappa shape index (κ1) is 15.9. The molecule has 0 saturated carbocycles. The van der Waals surface area contributed by atoms with Crippen LogP contribution in [0.1, 0.15) is 45.5 Å². The van der Waals surface area contributed by atoms with Gasteiger partial charge in [-0.15, -0.1) is 0 Å². The highest BCUT2D eigenvalue weighted by Gasteiger charge is 2.29. The fraction of sp³-hybridized carbons (Fsp3) is 0.333. The van der Waals surface area contributed by atoms with Crippen LogP contribution < -0.4 is 10.2 Å². The summed E-state index contributed by atoms with van der Waals surface area (Å²) in [6.45, 7) is 4.87. The monoisotopic (exact) mass is 334 g/mol. The van der Waals surface area contributed by atoms with Gasteiger partial charge in [0, 0.05) is 24.2 Å². The molecular weight excluding hydrogens is 312 g/mol. The third kappa shape index (κ3) is 2.82. The molecule has 0 aromatic heterocycles. The van der Waals surface area contributed by atoms with Crippen molar-refractivity contribution in [2.24, 2.45) is 0 Å². The molecule has 2 heterocycles. The number of carbonyl (C=O) groups is 2. The van der Waals surface area contributed by atoms with Gasteiger partial charge in [0.1, 0.15) is 0 Å². The molecule has 2 aromatic carbocycles. The van der Waals surface area contributed by atoms with Crippen molar-refractivity contribution in [1.82, 2.24) is 0 Å². The van der Waals surface area contributed by atoms with Crippen molar-refractivity contribution in [3.63, 3.8) is 0 Å². The Hall–Kier alpha value is -2.62. The summed E-state index contributed by atoms with van der Waals surface area (Å²) in [5.41, 5.74) is 7.23. The molecule has 4 nitrogen and oxygen atoms in total. The van der Waals surface area contributed by atoms with Gasteiger partial charge in [0.05, 0.1) is 5.69 Å². The van der Waals surface area contributed by atoms with Gasteiger partial charge in [-0.05, 0) is 79.6 Å². The van der Waals surface area contributed by atoms with Crippen LogP contribution in [-0.4, -0.2) is 18.4 Å². The van der Waals surface area contributed by atoms with Gasteiger partial charge in [-0.25, -0.2) is 0 Å². The molecule has 0 saturated heterocycles. The maximum Gasteiger partial charge on any atom is 0.255 e. The molecule has 0 spiro atoms. The molecule has 0 aliphatic carbocycles. The van der Waals surface area contributed by atoms with Crippen molar-refractivity contribution >= 4 is 23.2 Å². The van der Waals surface area contributed by atoms with Crippen LogP contribution in [0, 0.1) is 13.8 Å². The third-order valence-corrected chi connectivity index (χ3v) is 5.30. The summed E-state index contributed by atoms with van der Waals surface area (Å²) in [5, 5.41) is 3.04. The quantitative estimate of drug-likeness (QED) is 0.908. The van der Waals surface area contributed by atoms with Crippen molar-refractivity contribution in [2.45, 2.75) is 39.5 Å².